The van der Waals surface area contributed by atoms with Gasteiger partial charge in [-0.25, -0.2) is 13.2 Å². The molecule has 9 heteroatoms. The van der Waals surface area contributed by atoms with Crippen LogP contribution in [0.4, 0.5) is 13.2 Å². The fraction of sp³-hybridized carbons (Fsp3) is 0. The SMILES string of the molecule is N#C/C(=C\c1cc(/C=C(\C#N)c2ccc(F)cn2)cc(/C=C(\C#N)c2ccc(F)cn2)c1)c1ccc(F)cn1. The molecule has 186 valence electrons. The van der Waals surface area contributed by atoms with Crippen molar-refractivity contribution in [2.24, 2.45) is 0 Å². The lowest BCUT2D eigenvalue weighted by Gasteiger charge is -2.06. The zero-order valence-electron chi connectivity index (χ0n) is 20.0. The molecule has 0 atom stereocenters. The highest BCUT2D eigenvalue weighted by Crippen LogP contribution is 2.24. The summed E-state index contributed by atoms with van der Waals surface area (Å²) in [6.07, 6.45) is 7.57. The lowest BCUT2D eigenvalue weighted by atomic mass is 9.99. The summed E-state index contributed by atoms with van der Waals surface area (Å²) < 4.78 is 40.0. The third-order valence-electron chi connectivity index (χ3n) is 5.30. The summed E-state index contributed by atoms with van der Waals surface area (Å²) in [4.78, 5) is 11.9. The van der Waals surface area contributed by atoms with Crippen LogP contribution < -0.4 is 0 Å². The standard InChI is InChI=1S/C30H15F3N6/c31-25-1-4-28(37-16-25)22(13-34)10-19-7-20(11-23(14-35)29-5-2-26(32)17-38-29)9-21(8-19)12-24(15-36)30-6-3-27(33)18-39-30/h1-12,16-18H/b22-10+,23-11+,24-12+. The molecular formula is C30H15F3N6. The third-order valence-corrected chi connectivity index (χ3v) is 5.30. The van der Waals surface area contributed by atoms with Crippen molar-refractivity contribution in [1.82, 2.24) is 15.0 Å². The summed E-state index contributed by atoms with van der Waals surface area (Å²) in [5, 5.41) is 29.2. The summed E-state index contributed by atoms with van der Waals surface area (Å²) in [6, 6.07) is 18.8. The first-order valence-electron chi connectivity index (χ1n) is 11.2. The highest BCUT2D eigenvalue weighted by atomic mass is 19.1. The summed E-state index contributed by atoms with van der Waals surface area (Å²) >= 11 is 0. The molecular weight excluding hydrogens is 501 g/mol. The second-order valence-corrected chi connectivity index (χ2v) is 8.03. The van der Waals surface area contributed by atoms with Crippen LogP contribution >= 0.6 is 0 Å². The van der Waals surface area contributed by atoms with Crippen molar-refractivity contribution < 1.29 is 13.2 Å². The third kappa shape index (κ3) is 6.68. The normalized spacial score (nSPS) is 11.8. The zero-order valence-corrected chi connectivity index (χ0v) is 20.0. The van der Waals surface area contributed by atoms with Gasteiger partial charge in [-0.2, -0.15) is 15.8 Å². The van der Waals surface area contributed by atoms with Gasteiger partial charge in [0, 0.05) is 0 Å². The number of halogens is 3. The van der Waals surface area contributed by atoms with Crippen molar-refractivity contribution in [2.75, 3.05) is 0 Å². The molecule has 0 bridgehead atoms. The van der Waals surface area contributed by atoms with Gasteiger partial charge >= 0.3 is 0 Å². The lowest BCUT2D eigenvalue weighted by molar-refractivity contribution is 0.620. The minimum absolute atomic E-state index is 0.146. The Bertz CT molecular complexity index is 1510. The number of nitriles is 3. The highest BCUT2D eigenvalue weighted by Gasteiger charge is 2.09. The van der Waals surface area contributed by atoms with E-state index < -0.39 is 17.5 Å². The Labute approximate surface area is 221 Å². The maximum Gasteiger partial charge on any atom is 0.141 e. The Kier molecular flexibility index (Phi) is 8.02. The van der Waals surface area contributed by atoms with Crippen LogP contribution in [0.5, 0.6) is 0 Å². The molecule has 0 amide bonds. The highest BCUT2D eigenvalue weighted by molar-refractivity contribution is 5.93. The van der Waals surface area contributed by atoms with Crippen LogP contribution in [-0.2, 0) is 0 Å². The molecule has 0 saturated heterocycles. The largest absolute Gasteiger partial charge is 0.252 e. The van der Waals surface area contributed by atoms with Crippen LogP contribution in [0.1, 0.15) is 33.8 Å². The molecule has 0 spiro atoms. The molecule has 39 heavy (non-hydrogen) atoms. The molecule has 0 aliphatic carbocycles. The molecule has 0 radical (unpaired) electrons. The Hall–Kier alpha value is -5.85. The Balaban J connectivity index is 1.87. The van der Waals surface area contributed by atoms with Gasteiger partial charge in [0.15, 0.2) is 0 Å². The predicted molar refractivity (Wildman–Crippen MR) is 139 cm³/mol. The van der Waals surface area contributed by atoms with Crippen LogP contribution in [0, 0.1) is 51.4 Å². The molecule has 3 aromatic heterocycles. The zero-order chi connectivity index (χ0) is 27.8. The average molecular weight is 516 g/mol. The van der Waals surface area contributed by atoms with Crippen molar-refractivity contribution in [3.05, 3.63) is 124 Å². The molecule has 0 aliphatic heterocycles. The second kappa shape index (κ2) is 11.9. The van der Waals surface area contributed by atoms with E-state index in [0.717, 1.165) is 18.6 Å². The van der Waals surface area contributed by atoms with E-state index in [1.54, 1.807) is 18.2 Å². The lowest BCUT2D eigenvalue weighted by Crippen LogP contribution is -1.91. The first-order chi connectivity index (χ1) is 18.9. The molecule has 0 unspecified atom stereocenters. The first-order valence-corrected chi connectivity index (χ1v) is 11.2. The number of allylic oxidation sites excluding steroid dienone is 3. The molecule has 0 fully saturated rings. The topological polar surface area (TPSA) is 110 Å². The van der Waals surface area contributed by atoms with E-state index in [-0.39, 0.29) is 33.8 Å². The number of hydrogen-bond donors (Lipinski definition) is 0. The number of benzene rings is 1. The van der Waals surface area contributed by atoms with E-state index in [9.17, 15) is 29.0 Å². The summed E-state index contributed by atoms with van der Waals surface area (Å²) in [7, 11) is 0. The van der Waals surface area contributed by atoms with Crippen molar-refractivity contribution in [3.8, 4) is 18.2 Å². The van der Waals surface area contributed by atoms with E-state index in [4.69, 9.17) is 0 Å². The van der Waals surface area contributed by atoms with E-state index in [2.05, 4.69) is 15.0 Å². The summed E-state index contributed by atoms with van der Waals surface area (Å²) in [5.41, 5.74) is 2.70. The number of pyridine rings is 3. The van der Waals surface area contributed by atoms with Gasteiger partial charge in [0.1, 0.15) is 35.7 Å². The summed E-state index contributed by atoms with van der Waals surface area (Å²) in [5.74, 6) is -1.65. The van der Waals surface area contributed by atoms with Gasteiger partial charge in [-0.05, 0) is 89.5 Å². The van der Waals surface area contributed by atoms with Crippen LogP contribution in [0.3, 0.4) is 0 Å². The number of rotatable bonds is 6. The number of hydrogen-bond acceptors (Lipinski definition) is 6. The van der Waals surface area contributed by atoms with E-state index >= 15 is 0 Å². The number of aromatic nitrogens is 3. The van der Waals surface area contributed by atoms with Crippen LogP contribution in [-0.4, -0.2) is 15.0 Å². The van der Waals surface area contributed by atoms with Crippen LogP contribution in [0.15, 0.2) is 73.2 Å². The Morgan fingerprint density at radius 2 is 0.795 bits per heavy atom. The molecule has 0 aliphatic rings. The monoisotopic (exact) mass is 516 g/mol. The fourth-order valence-electron chi connectivity index (χ4n) is 3.55. The second-order valence-electron chi connectivity index (χ2n) is 8.03. The van der Waals surface area contributed by atoms with E-state index in [0.29, 0.717) is 16.7 Å². The van der Waals surface area contributed by atoms with Crippen LogP contribution in [0.2, 0.25) is 0 Å². The van der Waals surface area contributed by atoms with Gasteiger partial charge in [0.25, 0.3) is 0 Å². The summed E-state index contributed by atoms with van der Waals surface area (Å²) in [6.45, 7) is 0. The maximum absolute atomic E-state index is 13.3. The smallest absolute Gasteiger partial charge is 0.141 e. The van der Waals surface area contributed by atoms with Crippen molar-refractivity contribution in [3.63, 3.8) is 0 Å². The van der Waals surface area contributed by atoms with Gasteiger partial charge in [-0.1, -0.05) is 0 Å². The Morgan fingerprint density at radius 1 is 0.513 bits per heavy atom. The molecule has 0 saturated carbocycles. The molecule has 4 rings (SSSR count). The number of nitrogens with zero attached hydrogens (tertiary/aromatic N) is 6. The molecule has 1 aromatic carbocycles. The van der Waals surface area contributed by atoms with Gasteiger partial charge in [0.05, 0.1) is 52.4 Å². The predicted octanol–water partition coefficient (Wildman–Crippen LogP) is 6.48. The minimum atomic E-state index is -0.549. The molecule has 4 aromatic rings. The molecule has 6 nitrogen and oxygen atoms in total. The van der Waals surface area contributed by atoms with E-state index in [1.807, 2.05) is 18.2 Å². The van der Waals surface area contributed by atoms with Crippen molar-refractivity contribution in [2.45, 2.75) is 0 Å². The quantitative estimate of drug-likeness (QED) is 0.271. The van der Waals surface area contributed by atoms with Gasteiger partial charge < -0.3 is 0 Å². The maximum atomic E-state index is 13.3. The van der Waals surface area contributed by atoms with Gasteiger partial charge in [0.2, 0.25) is 0 Å². The molecule has 3 heterocycles. The van der Waals surface area contributed by atoms with E-state index in [1.165, 1.54) is 54.6 Å². The molecule has 0 N–H and O–H groups in total. The van der Waals surface area contributed by atoms with Crippen molar-refractivity contribution in [1.29, 1.82) is 15.8 Å². The Morgan fingerprint density at radius 3 is 1.00 bits per heavy atom. The fourth-order valence-corrected chi connectivity index (χ4v) is 3.55. The first kappa shape index (κ1) is 26.2. The van der Waals surface area contributed by atoms with Crippen molar-refractivity contribution >= 4 is 34.9 Å². The van der Waals surface area contributed by atoms with Gasteiger partial charge in [-0.15, -0.1) is 0 Å². The van der Waals surface area contributed by atoms with Gasteiger partial charge in [-0.3, -0.25) is 15.0 Å². The average Bonchev–Trinajstić information content (AvgIpc) is 2.95. The van der Waals surface area contributed by atoms with Crippen LogP contribution in [0.25, 0.3) is 34.9 Å². The minimum Gasteiger partial charge on any atom is -0.252 e.